The van der Waals surface area contributed by atoms with Crippen molar-refractivity contribution in [1.29, 1.82) is 0 Å². The number of carbonyl (C=O) groups is 2. The number of hydrogen-bond acceptors (Lipinski definition) is 2. The molecular formula is C18H18O2. The molecule has 2 heteroatoms. The molecule has 9 saturated carbocycles. The summed E-state index contributed by atoms with van der Waals surface area (Å²) < 4.78 is 0. The van der Waals surface area contributed by atoms with Crippen molar-refractivity contribution in [2.45, 2.75) is 25.7 Å². The maximum absolute atomic E-state index is 13.4. The largest absolute Gasteiger partial charge is 0.299 e. The molecule has 9 fully saturated rings. The van der Waals surface area contributed by atoms with Gasteiger partial charge in [0.05, 0.1) is 0 Å². The van der Waals surface area contributed by atoms with Gasteiger partial charge in [0, 0.05) is 22.7 Å². The molecule has 0 heterocycles. The molecule has 0 aromatic rings. The van der Waals surface area contributed by atoms with Crippen LogP contribution in [0.5, 0.6) is 0 Å². The average molecular weight is 266 g/mol. The van der Waals surface area contributed by atoms with Crippen molar-refractivity contribution in [3.8, 4) is 0 Å². The zero-order valence-corrected chi connectivity index (χ0v) is 11.4. The number of ketones is 2. The van der Waals surface area contributed by atoms with Crippen LogP contribution in [0.1, 0.15) is 25.7 Å². The molecule has 9 rings (SSSR count). The lowest BCUT2D eigenvalue weighted by atomic mass is 9.27. The minimum absolute atomic E-state index is 0.0770. The molecule has 20 heavy (non-hydrogen) atoms. The lowest BCUT2D eigenvalue weighted by Crippen LogP contribution is -2.77. The van der Waals surface area contributed by atoms with Crippen molar-refractivity contribution in [2.24, 2.45) is 70.0 Å². The summed E-state index contributed by atoms with van der Waals surface area (Å²) in [6, 6.07) is 0. The summed E-state index contributed by atoms with van der Waals surface area (Å²) >= 11 is 0. The van der Waals surface area contributed by atoms with Crippen LogP contribution in [0.2, 0.25) is 0 Å². The van der Waals surface area contributed by atoms with E-state index in [4.69, 9.17) is 0 Å². The summed E-state index contributed by atoms with van der Waals surface area (Å²) in [5.41, 5.74) is -0.154. The number of fused-ring (bicyclic) bond motifs is 2. The molecule has 9 aliphatic rings. The Kier molecular flexibility index (Phi) is 0.981. The van der Waals surface area contributed by atoms with Gasteiger partial charge >= 0.3 is 0 Å². The SMILES string of the molecule is O=C1[C@@H]2[C@H]3C[C@H]4[C@@H]2C(=O)[C@]25[C@H]4[C@H]3[C@]12[C@H]1CC[C@@H]5[C@@H]2C[C@@H]21. The molecule has 12 atom stereocenters. The van der Waals surface area contributed by atoms with Gasteiger partial charge in [-0.15, -0.1) is 0 Å². The number of hydrogen-bond donors (Lipinski definition) is 0. The number of rotatable bonds is 0. The van der Waals surface area contributed by atoms with Crippen molar-refractivity contribution in [1.82, 2.24) is 0 Å². The molecule has 4 bridgehead atoms. The van der Waals surface area contributed by atoms with Gasteiger partial charge in [-0.3, -0.25) is 9.59 Å². The Morgan fingerprint density at radius 2 is 1.15 bits per heavy atom. The van der Waals surface area contributed by atoms with Gasteiger partial charge in [0.1, 0.15) is 11.6 Å². The van der Waals surface area contributed by atoms with Gasteiger partial charge in [0.25, 0.3) is 0 Å². The van der Waals surface area contributed by atoms with Crippen LogP contribution in [0, 0.1) is 70.0 Å². The normalized spacial score (nSPS) is 81.8. The summed E-state index contributed by atoms with van der Waals surface area (Å²) in [5.74, 6) is 7.34. The second-order valence-corrected chi connectivity index (χ2v) is 9.49. The minimum Gasteiger partial charge on any atom is -0.299 e. The van der Waals surface area contributed by atoms with Gasteiger partial charge in [-0.1, -0.05) is 0 Å². The van der Waals surface area contributed by atoms with E-state index in [2.05, 4.69) is 0 Å². The summed E-state index contributed by atoms with van der Waals surface area (Å²) in [5, 5.41) is 0. The molecule has 9 aliphatic carbocycles. The first-order valence-corrected chi connectivity index (χ1v) is 8.84. The Balaban J connectivity index is 1.58. The van der Waals surface area contributed by atoms with E-state index in [1.807, 2.05) is 0 Å². The fraction of sp³-hybridized carbons (Fsp3) is 0.889. The van der Waals surface area contributed by atoms with Gasteiger partial charge < -0.3 is 0 Å². The van der Waals surface area contributed by atoms with Crippen molar-refractivity contribution >= 4 is 11.6 Å². The van der Waals surface area contributed by atoms with E-state index in [1.165, 1.54) is 25.7 Å². The Morgan fingerprint density at radius 1 is 0.700 bits per heavy atom. The molecule has 0 radical (unpaired) electrons. The first kappa shape index (κ1) is 9.38. The van der Waals surface area contributed by atoms with E-state index in [0.29, 0.717) is 47.1 Å². The molecule has 0 saturated heterocycles. The summed E-state index contributed by atoms with van der Waals surface area (Å²) in [6.07, 6.45) is 5.18. The highest BCUT2D eigenvalue weighted by atomic mass is 16.2. The van der Waals surface area contributed by atoms with Crippen molar-refractivity contribution in [3.05, 3.63) is 0 Å². The molecule has 0 amide bonds. The quantitative estimate of drug-likeness (QED) is 0.671. The average Bonchev–Trinajstić information content (AvgIpc) is 3.02. The fourth-order valence-electron chi connectivity index (χ4n) is 10.7. The van der Waals surface area contributed by atoms with Gasteiger partial charge in [-0.25, -0.2) is 0 Å². The molecular weight excluding hydrogens is 248 g/mol. The number of Topliss-reactive ketones (excluding diaryl/α,β-unsaturated/α-hetero) is 2. The Hall–Kier alpha value is -0.660. The summed E-state index contributed by atoms with van der Waals surface area (Å²) in [7, 11) is 0. The van der Waals surface area contributed by atoms with Crippen LogP contribution in [0.3, 0.4) is 0 Å². The van der Waals surface area contributed by atoms with Crippen LogP contribution in [-0.2, 0) is 9.59 Å². The van der Waals surface area contributed by atoms with Crippen LogP contribution >= 0.6 is 0 Å². The molecule has 102 valence electrons. The Morgan fingerprint density at radius 3 is 1.65 bits per heavy atom. The maximum Gasteiger partial charge on any atom is 0.144 e. The summed E-state index contributed by atoms with van der Waals surface area (Å²) in [4.78, 5) is 26.8. The van der Waals surface area contributed by atoms with Crippen LogP contribution in [-0.4, -0.2) is 11.6 Å². The molecule has 0 unspecified atom stereocenters. The predicted molar refractivity (Wildman–Crippen MR) is 68.2 cm³/mol. The van der Waals surface area contributed by atoms with E-state index >= 15 is 0 Å². The monoisotopic (exact) mass is 266 g/mol. The fourth-order valence-corrected chi connectivity index (χ4v) is 10.7. The van der Waals surface area contributed by atoms with Gasteiger partial charge in [-0.05, 0) is 73.0 Å². The first-order chi connectivity index (χ1) is 9.75. The van der Waals surface area contributed by atoms with Gasteiger partial charge in [0.2, 0.25) is 0 Å². The molecule has 0 N–H and O–H groups in total. The van der Waals surface area contributed by atoms with E-state index in [0.717, 1.165) is 11.8 Å². The lowest BCUT2D eigenvalue weighted by molar-refractivity contribution is -0.263. The van der Waals surface area contributed by atoms with Crippen molar-refractivity contribution in [2.75, 3.05) is 0 Å². The van der Waals surface area contributed by atoms with Gasteiger partial charge in [-0.2, -0.15) is 0 Å². The van der Waals surface area contributed by atoms with E-state index in [9.17, 15) is 9.59 Å². The highest BCUT2D eigenvalue weighted by molar-refractivity contribution is 6.12. The first-order valence-electron chi connectivity index (χ1n) is 8.84. The molecule has 2 nitrogen and oxygen atoms in total. The van der Waals surface area contributed by atoms with Crippen molar-refractivity contribution < 1.29 is 9.59 Å². The Labute approximate surface area is 117 Å². The maximum atomic E-state index is 13.4. The van der Waals surface area contributed by atoms with Crippen LogP contribution < -0.4 is 0 Å². The van der Waals surface area contributed by atoms with E-state index < -0.39 is 0 Å². The molecule has 0 aliphatic heterocycles. The highest BCUT2D eigenvalue weighted by Gasteiger charge is 3.00. The zero-order valence-electron chi connectivity index (χ0n) is 11.4. The molecule has 2 spiro atoms. The highest BCUT2D eigenvalue weighted by Crippen LogP contribution is 2.97. The molecule has 0 aromatic heterocycles. The third-order valence-electron chi connectivity index (χ3n) is 10.2. The second kappa shape index (κ2) is 2.09. The van der Waals surface area contributed by atoms with Crippen molar-refractivity contribution in [3.63, 3.8) is 0 Å². The molecule has 0 aromatic carbocycles. The smallest absolute Gasteiger partial charge is 0.144 e. The summed E-state index contributed by atoms with van der Waals surface area (Å²) in [6.45, 7) is 0. The third-order valence-corrected chi connectivity index (χ3v) is 10.2. The lowest BCUT2D eigenvalue weighted by Gasteiger charge is -2.73. The second-order valence-electron chi connectivity index (χ2n) is 9.49. The third kappa shape index (κ3) is 0.469. The van der Waals surface area contributed by atoms with E-state index in [-0.39, 0.29) is 22.7 Å². The standard InChI is InChI=1S/C18H18O2/c19-15-11-7-4-8-12(11)16(20)18-10-2-1-9(5-3-6(5)10)17(15,18)13(7)14(8)18/h5-14H,1-4H2/t5-,6+,7+,8-,9-,10+,11+,12-,13-,14+,17+,18-. The van der Waals surface area contributed by atoms with Gasteiger partial charge in [0.15, 0.2) is 0 Å². The van der Waals surface area contributed by atoms with Crippen LogP contribution in [0.25, 0.3) is 0 Å². The minimum atomic E-state index is -0.0770. The zero-order chi connectivity index (χ0) is 12.8. The topological polar surface area (TPSA) is 34.1 Å². The predicted octanol–water partition coefficient (Wildman–Crippen LogP) is 1.93. The Bertz CT molecular complexity index is 617. The number of carbonyl (C=O) groups excluding carboxylic acids is 2. The van der Waals surface area contributed by atoms with Crippen LogP contribution in [0.15, 0.2) is 0 Å². The van der Waals surface area contributed by atoms with E-state index in [1.54, 1.807) is 0 Å². The van der Waals surface area contributed by atoms with Crippen LogP contribution in [0.4, 0.5) is 0 Å².